The summed E-state index contributed by atoms with van der Waals surface area (Å²) in [6.45, 7) is 2.38. The minimum absolute atomic E-state index is 0.660. The predicted molar refractivity (Wildman–Crippen MR) is 96.7 cm³/mol. The molecule has 2 heteroatoms. The summed E-state index contributed by atoms with van der Waals surface area (Å²) in [4.78, 5) is 0. The first-order valence-corrected chi connectivity index (χ1v) is 27.7. The van der Waals surface area contributed by atoms with Crippen LogP contribution in [0.1, 0.15) is 29.6 Å². The third-order valence-electron chi connectivity index (χ3n) is 5.64. The van der Waals surface area contributed by atoms with E-state index in [1.807, 2.05) is 0 Å². The molecule has 0 aromatic heterocycles. The second-order valence-corrected chi connectivity index (χ2v) is 51.7. The third kappa shape index (κ3) is 2.04. The second-order valence-electron chi connectivity index (χ2n) is 7.87. The molecule has 0 amide bonds. The minimum atomic E-state index is -3.14. The zero-order valence-corrected chi connectivity index (χ0v) is 18.3. The van der Waals surface area contributed by atoms with Crippen molar-refractivity contribution < 1.29 is 17.1 Å². The summed E-state index contributed by atoms with van der Waals surface area (Å²) in [7, 11) is 0. The Hall–Kier alpha value is -0.993. The van der Waals surface area contributed by atoms with E-state index in [2.05, 4.69) is 89.1 Å². The molecule has 2 atom stereocenters. The van der Waals surface area contributed by atoms with Gasteiger partial charge in [-0.2, -0.15) is 0 Å². The zero-order chi connectivity index (χ0) is 15.4. The Bertz CT molecular complexity index is 815. The van der Waals surface area contributed by atoms with Crippen LogP contribution in [0.25, 0.3) is 12.2 Å². The van der Waals surface area contributed by atoms with E-state index < -0.39 is 17.1 Å². The molecule has 0 fully saturated rings. The molecule has 0 aliphatic heterocycles. The number of allylic oxidation sites excluding steroid dienone is 2. The van der Waals surface area contributed by atoms with Crippen LogP contribution >= 0.6 is 0 Å². The van der Waals surface area contributed by atoms with E-state index in [-0.39, 0.29) is 0 Å². The molecule has 0 heterocycles. The van der Waals surface area contributed by atoms with Gasteiger partial charge in [-0.05, 0) is 0 Å². The molecule has 0 spiro atoms. The number of benzene rings is 2. The van der Waals surface area contributed by atoms with Crippen LogP contribution in [-0.4, -0.2) is 6.94 Å². The molecule has 2 unspecified atom stereocenters. The first-order chi connectivity index (χ1) is 10.5. The molecular weight excluding hydrogens is 447 g/mol. The molecule has 110 valence electrons. The van der Waals surface area contributed by atoms with E-state index in [1.165, 1.54) is 11.1 Å². The summed E-state index contributed by atoms with van der Waals surface area (Å²) in [5, 5.41) is 0. The maximum absolute atomic E-state index is 3.14. The molecule has 22 heavy (non-hydrogen) atoms. The molecule has 0 saturated heterocycles. The van der Waals surface area contributed by atoms with E-state index in [1.54, 1.807) is 11.1 Å². The fourth-order valence-electron chi connectivity index (χ4n) is 4.35. The molecular formula is C20H22HfSi. The van der Waals surface area contributed by atoms with Gasteiger partial charge in [-0.25, -0.2) is 0 Å². The van der Waals surface area contributed by atoms with Gasteiger partial charge in [-0.1, -0.05) is 0 Å². The summed E-state index contributed by atoms with van der Waals surface area (Å²) < 4.78 is 6.63. The van der Waals surface area contributed by atoms with Crippen LogP contribution in [0.4, 0.5) is 0 Å². The topological polar surface area (TPSA) is 0 Å². The SMILES string of the molecule is [CH3][Hf]([CH3])(=[SiH2])([CH]1C=Cc2ccccc21)[CH]1C=Cc2ccccc21. The van der Waals surface area contributed by atoms with Gasteiger partial charge in [0.2, 0.25) is 0 Å². The number of hydrogen-bond donors (Lipinski definition) is 0. The van der Waals surface area contributed by atoms with E-state index in [9.17, 15) is 0 Å². The van der Waals surface area contributed by atoms with Crippen LogP contribution in [0.3, 0.4) is 0 Å². The average molecular weight is 469 g/mol. The van der Waals surface area contributed by atoms with Gasteiger partial charge in [0.25, 0.3) is 0 Å². The van der Waals surface area contributed by atoms with Gasteiger partial charge in [0.05, 0.1) is 0 Å². The molecule has 2 aromatic carbocycles. The third-order valence-corrected chi connectivity index (χ3v) is 31.1. The fraction of sp³-hybridized carbons (Fsp3) is 0.200. The molecule has 0 nitrogen and oxygen atoms in total. The van der Waals surface area contributed by atoms with Gasteiger partial charge in [0.1, 0.15) is 0 Å². The molecule has 2 aliphatic rings. The van der Waals surface area contributed by atoms with Crippen LogP contribution in [0, 0.1) is 0 Å². The van der Waals surface area contributed by atoms with Crippen molar-refractivity contribution in [1.29, 1.82) is 0 Å². The molecule has 2 aliphatic carbocycles. The number of hydrogen-bond acceptors (Lipinski definition) is 0. The van der Waals surface area contributed by atoms with Crippen molar-refractivity contribution in [3.63, 3.8) is 0 Å². The van der Waals surface area contributed by atoms with Crippen LogP contribution in [0.2, 0.25) is 9.36 Å². The van der Waals surface area contributed by atoms with Crippen molar-refractivity contribution in [2.45, 2.75) is 16.7 Å². The Balaban J connectivity index is 1.86. The van der Waals surface area contributed by atoms with Crippen LogP contribution < -0.4 is 0 Å². The predicted octanol–water partition coefficient (Wildman–Crippen LogP) is 4.86. The molecule has 0 N–H and O–H groups in total. The summed E-state index contributed by atoms with van der Waals surface area (Å²) in [5.41, 5.74) is 5.99. The fourth-order valence-corrected chi connectivity index (χ4v) is 26.0. The monoisotopic (exact) mass is 470 g/mol. The van der Waals surface area contributed by atoms with Gasteiger partial charge in [-0.3, -0.25) is 0 Å². The first kappa shape index (κ1) is 14.6. The molecule has 0 radical (unpaired) electrons. The Morgan fingerprint density at radius 3 is 1.59 bits per heavy atom. The zero-order valence-electron chi connectivity index (χ0n) is 13.3. The van der Waals surface area contributed by atoms with Crippen molar-refractivity contribution in [3.05, 3.63) is 82.9 Å². The average Bonchev–Trinajstić information content (AvgIpc) is 3.12. The van der Waals surface area contributed by atoms with Crippen molar-refractivity contribution >= 4 is 19.1 Å². The normalized spacial score (nSPS) is 22.7. The summed E-state index contributed by atoms with van der Waals surface area (Å²) in [5.74, 6) is 0. The van der Waals surface area contributed by atoms with Gasteiger partial charge in [0, 0.05) is 0 Å². The van der Waals surface area contributed by atoms with E-state index in [0.29, 0.717) is 7.35 Å². The maximum atomic E-state index is 2.66. The first-order valence-electron chi connectivity index (χ1n) is 8.07. The Morgan fingerprint density at radius 1 is 0.727 bits per heavy atom. The van der Waals surface area contributed by atoms with E-state index in [4.69, 9.17) is 0 Å². The van der Waals surface area contributed by atoms with Gasteiger partial charge in [0.15, 0.2) is 0 Å². The Kier molecular flexibility index (Phi) is 3.15. The summed E-state index contributed by atoms with van der Waals surface area (Å²) >= 11 is -3.14. The summed E-state index contributed by atoms with van der Waals surface area (Å²) in [6.07, 6.45) is 9.70. The van der Waals surface area contributed by atoms with Crippen molar-refractivity contribution in [3.8, 4) is 0 Å². The second kappa shape index (κ2) is 4.75. The Morgan fingerprint density at radius 2 is 1.14 bits per heavy atom. The number of fused-ring (bicyclic) bond motifs is 2. The molecule has 0 bridgehead atoms. The quantitative estimate of drug-likeness (QED) is 0.552. The molecule has 2 aromatic rings. The van der Waals surface area contributed by atoms with Crippen molar-refractivity contribution in [2.24, 2.45) is 0 Å². The summed E-state index contributed by atoms with van der Waals surface area (Å²) in [6, 6.07) is 17.9. The van der Waals surface area contributed by atoms with Gasteiger partial charge in [-0.15, -0.1) is 0 Å². The van der Waals surface area contributed by atoms with Gasteiger partial charge < -0.3 is 0 Å². The van der Waals surface area contributed by atoms with Crippen LogP contribution in [0.5, 0.6) is 0 Å². The van der Waals surface area contributed by atoms with Crippen LogP contribution in [-0.2, 0) is 17.1 Å². The van der Waals surface area contributed by atoms with E-state index in [0.717, 1.165) is 0 Å². The van der Waals surface area contributed by atoms with Crippen LogP contribution in [0.15, 0.2) is 60.7 Å². The number of rotatable bonds is 2. The molecule has 4 rings (SSSR count). The van der Waals surface area contributed by atoms with Crippen molar-refractivity contribution in [2.75, 3.05) is 0 Å². The van der Waals surface area contributed by atoms with Gasteiger partial charge >= 0.3 is 136 Å². The molecule has 0 saturated carbocycles. The Labute approximate surface area is 135 Å². The van der Waals surface area contributed by atoms with Crippen molar-refractivity contribution in [1.82, 2.24) is 0 Å². The standard InChI is InChI=1S/2C9H7.2CH3.Hf.H2Si/c2*1-2-5-9-7-3-6-8(9)4-1;;;;/h2*1-7H;2*1H3;;1H2. The van der Waals surface area contributed by atoms with E-state index >= 15 is 0 Å².